The molecule has 2 aromatic carbocycles. The van der Waals surface area contributed by atoms with Gasteiger partial charge >= 0.3 is 0 Å². The van der Waals surface area contributed by atoms with Crippen LogP contribution in [0.5, 0.6) is 5.75 Å². The molecule has 0 spiro atoms. The molecule has 3 rings (SSSR count). The lowest BCUT2D eigenvalue weighted by Crippen LogP contribution is -2.15. The number of carbonyl (C=O) groups excluding carboxylic acids is 2. The van der Waals surface area contributed by atoms with Gasteiger partial charge in [-0.25, -0.2) is 4.39 Å². The van der Waals surface area contributed by atoms with E-state index in [0.717, 1.165) is 0 Å². The van der Waals surface area contributed by atoms with E-state index in [1.807, 2.05) is 0 Å². The number of methoxy groups -OCH3 is 1. The Labute approximate surface area is 170 Å². The third-order valence-corrected chi connectivity index (χ3v) is 4.37. The molecule has 3 aromatic rings. The fraction of sp³-hybridized carbons (Fsp3) is 0.150. The Balaban J connectivity index is 2.01. The van der Waals surface area contributed by atoms with Gasteiger partial charge in [-0.2, -0.15) is 0 Å². The zero-order valence-electron chi connectivity index (χ0n) is 15.8. The van der Waals surface area contributed by atoms with Crippen molar-refractivity contribution >= 4 is 34.8 Å². The number of halogens is 2. The van der Waals surface area contributed by atoms with Crippen molar-refractivity contribution in [2.75, 3.05) is 17.7 Å². The average molecular weight is 418 g/mol. The summed E-state index contributed by atoms with van der Waals surface area (Å²) in [4.78, 5) is 24.3. The summed E-state index contributed by atoms with van der Waals surface area (Å²) in [6, 6.07) is 8.92. The van der Waals surface area contributed by atoms with Crippen molar-refractivity contribution in [1.29, 1.82) is 0 Å². The molecule has 0 unspecified atom stereocenters. The smallest absolute Gasteiger partial charge is 0.261 e. The van der Waals surface area contributed by atoms with Crippen LogP contribution in [0.1, 0.15) is 23.0 Å². The van der Waals surface area contributed by atoms with Gasteiger partial charge < -0.3 is 19.9 Å². The third kappa shape index (κ3) is 4.22. The normalized spacial score (nSPS) is 10.5. The van der Waals surface area contributed by atoms with Crippen molar-refractivity contribution in [3.63, 3.8) is 0 Å². The van der Waals surface area contributed by atoms with Crippen molar-refractivity contribution in [3.8, 4) is 17.0 Å². The van der Waals surface area contributed by atoms with Gasteiger partial charge in [0.15, 0.2) is 0 Å². The Hall–Kier alpha value is -3.39. The van der Waals surface area contributed by atoms with Gasteiger partial charge in [0.2, 0.25) is 5.91 Å². The fourth-order valence-corrected chi connectivity index (χ4v) is 3.06. The zero-order valence-corrected chi connectivity index (χ0v) is 16.6. The first-order valence-electron chi connectivity index (χ1n) is 8.49. The number of nitrogens with zero attached hydrogens (tertiary/aromatic N) is 1. The van der Waals surface area contributed by atoms with Crippen LogP contribution in [0.25, 0.3) is 11.3 Å². The second-order valence-electron chi connectivity index (χ2n) is 6.11. The molecule has 29 heavy (non-hydrogen) atoms. The second-order valence-corrected chi connectivity index (χ2v) is 6.52. The standard InChI is InChI=1S/C20H17ClFN3O4/c1-10-17(19(25-29-10)18-13(21)5-4-6-14(18)22)20(27)24-15-9-12(23-11(2)26)7-8-16(15)28-3/h4-9H,1-3H3,(H,23,26)(H,24,27). The monoisotopic (exact) mass is 417 g/mol. The van der Waals surface area contributed by atoms with E-state index >= 15 is 0 Å². The van der Waals surface area contributed by atoms with Crippen LogP contribution in [-0.4, -0.2) is 24.1 Å². The van der Waals surface area contributed by atoms with Crippen molar-refractivity contribution in [3.05, 3.63) is 58.6 Å². The number of ether oxygens (including phenoxy) is 1. The van der Waals surface area contributed by atoms with Crippen LogP contribution >= 0.6 is 11.6 Å². The Bertz CT molecular complexity index is 1080. The molecule has 1 aromatic heterocycles. The SMILES string of the molecule is COc1ccc(NC(C)=O)cc1NC(=O)c1c(-c2c(F)cccc2Cl)noc1C. The molecule has 0 radical (unpaired) electrons. The van der Waals surface area contributed by atoms with Gasteiger partial charge in [0, 0.05) is 12.6 Å². The van der Waals surface area contributed by atoms with Crippen LogP contribution in [0.3, 0.4) is 0 Å². The largest absolute Gasteiger partial charge is 0.495 e. The average Bonchev–Trinajstić information content (AvgIpc) is 3.02. The predicted octanol–water partition coefficient (Wildman–Crippen LogP) is 4.66. The minimum Gasteiger partial charge on any atom is -0.495 e. The molecule has 0 saturated heterocycles. The lowest BCUT2D eigenvalue weighted by molar-refractivity contribution is -0.114. The van der Waals surface area contributed by atoms with Gasteiger partial charge in [0.25, 0.3) is 5.91 Å². The van der Waals surface area contributed by atoms with E-state index in [-0.39, 0.29) is 33.5 Å². The first kappa shape index (κ1) is 20.3. The molecule has 150 valence electrons. The molecule has 0 saturated carbocycles. The molecule has 2 amide bonds. The maximum atomic E-state index is 14.4. The van der Waals surface area contributed by atoms with Crippen LogP contribution in [0.4, 0.5) is 15.8 Å². The summed E-state index contributed by atoms with van der Waals surface area (Å²) in [6.45, 7) is 2.90. The predicted molar refractivity (Wildman–Crippen MR) is 107 cm³/mol. The lowest BCUT2D eigenvalue weighted by Gasteiger charge is -2.13. The Morgan fingerprint density at radius 1 is 1.21 bits per heavy atom. The molecule has 0 aliphatic heterocycles. The van der Waals surface area contributed by atoms with Crippen LogP contribution in [0.15, 0.2) is 40.9 Å². The molecule has 0 atom stereocenters. The Morgan fingerprint density at radius 2 is 1.97 bits per heavy atom. The molecular formula is C20H17ClFN3O4. The molecule has 0 bridgehead atoms. The minimum absolute atomic E-state index is 0.0138. The highest BCUT2D eigenvalue weighted by molar-refractivity contribution is 6.33. The molecule has 1 heterocycles. The number of aromatic nitrogens is 1. The fourth-order valence-electron chi connectivity index (χ4n) is 2.81. The molecule has 0 aliphatic carbocycles. The van der Waals surface area contributed by atoms with Gasteiger partial charge in [-0.1, -0.05) is 22.8 Å². The summed E-state index contributed by atoms with van der Waals surface area (Å²) in [5, 5.41) is 9.23. The van der Waals surface area contributed by atoms with Crippen LogP contribution in [-0.2, 0) is 4.79 Å². The van der Waals surface area contributed by atoms with Gasteiger partial charge in [-0.3, -0.25) is 9.59 Å². The molecule has 0 fully saturated rings. The van der Waals surface area contributed by atoms with E-state index in [1.54, 1.807) is 12.1 Å². The summed E-state index contributed by atoms with van der Waals surface area (Å²) in [5.74, 6) is -0.943. The number of aryl methyl sites for hydroxylation is 1. The van der Waals surface area contributed by atoms with E-state index in [4.69, 9.17) is 20.9 Å². The van der Waals surface area contributed by atoms with E-state index < -0.39 is 11.7 Å². The number of rotatable bonds is 5. The third-order valence-electron chi connectivity index (χ3n) is 4.06. The molecular weight excluding hydrogens is 401 g/mol. The first-order chi connectivity index (χ1) is 13.8. The summed E-state index contributed by atoms with van der Waals surface area (Å²) < 4.78 is 24.7. The number of carbonyl (C=O) groups is 2. The highest BCUT2D eigenvalue weighted by Crippen LogP contribution is 2.35. The number of hydrogen-bond acceptors (Lipinski definition) is 5. The summed E-state index contributed by atoms with van der Waals surface area (Å²) in [7, 11) is 1.44. The van der Waals surface area contributed by atoms with Crippen molar-refractivity contribution < 1.29 is 23.2 Å². The van der Waals surface area contributed by atoms with Crippen LogP contribution in [0, 0.1) is 12.7 Å². The molecule has 0 aliphatic rings. The van der Waals surface area contributed by atoms with Crippen molar-refractivity contribution in [2.45, 2.75) is 13.8 Å². The maximum Gasteiger partial charge on any atom is 0.261 e. The minimum atomic E-state index is -0.634. The van der Waals surface area contributed by atoms with Gasteiger partial charge in [0.05, 0.1) is 23.4 Å². The Morgan fingerprint density at radius 3 is 2.62 bits per heavy atom. The highest BCUT2D eigenvalue weighted by atomic mass is 35.5. The van der Waals surface area contributed by atoms with Crippen LogP contribution < -0.4 is 15.4 Å². The second kappa shape index (κ2) is 8.32. The van der Waals surface area contributed by atoms with E-state index in [1.165, 1.54) is 45.2 Å². The first-order valence-corrected chi connectivity index (χ1v) is 8.87. The van der Waals surface area contributed by atoms with E-state index in [9.17, 15) is 14.0 Å². The maximum absolute atomic E-state index is 14.4. The van der Waals surface area contributed by atoms with Gasteiger partial charge in [0.1, 0.15) is 28.6 Å². The summed E-state index contributed by atoms with van der Waals surface area (Å²) >= 11 is 6.11. The van der Waals surface area contributed by atoms with Gasteiger partial charge in [-0.15, -0.1) is 0 Å². The number of amides is 2. The molecule has 7 nitrogen and oxygen atoms in total. The number of anilines is 2. The topological polar surface area (TPSA) is 93.5 Å². The number of benzene rings is 2. The number of hydrogen-bond donors (Lipinski definition) is 2. The lowest BCUT2D eigenvalue weighted by atomic mass is 10.0. The number of nitrogens with one attached hydrogen (secondary N) is 2. The van der Waals surface area contributed by atoms with Gasteiger partial charge in [-0.05, 0) is 37.3 Å². The zero-order chi connectivity index (χ0) is 21.1. The van der Waals surface area contributed by atoms with E-state index in [2.05, 4.69) is 15.8 Å². The quantitative estimate of drug-likeness (QED) is 0.629. The van der Waals surface area contributed by atoms with Crippen molar-refractivity contribution in [1.82, 2.24) is 5.16 Å². The Kier molecular flexibility index (Phi) is 5.84. The molecule has 9 heteroatoms. The van der Waals surface area contributed by atoms with E-state index in [0.29, 0.717) is 17.1 Å². The van der Waals surface area contributed by atoms with Crippen LogP contribution in [0.2, 0.25) is 5.02 Å². The summed E-state index contributed by atoms with van der Waals surface area (Å²) in [6.07, 6.45) is 0. The molecule has 2 N–H and O–H groups in total. The summed E-state index contributed by atoms with van der Waals surface area (Å²) in [5.41, 5.74) is 0.752. The van der Waals surface area contributed by atoms with Crippen molar-refractivity contribution in [2.24, 2.45) is 0 Å². The highest BCUT2D eigenvalue weighted by Gasteiger charge is 2.26.